The first-order valence-electron chi connectivity index (χ1n) is 5.97. The van der Waals surface area contributed by atoms with Crippen molar-refractivity contribution in [1.29, 1.82) is 0 Å². The highest BCUT2D eigenvalue weighted by atomic mass is 79.9. The van der Waals surface area contributed by atoms with Crippen molar-refractivity contribution in [2.75, 3.05) is 6.26 Å². The minimum absolute atomic E-state index is 0.245. The maximum atomic E-state index is 11.4. The van der Waals surface area contributed by atoms with Gasteiger partial charge in [-0.25, -0.2) is 8.42 Å². The molecule has 0 saturated carbocycles. The summed E-state index contributed by atoms with van der Waals surface area (Å²) in [5, 5.41) is 0. The smallest absolute Gasteiger partial charge is 0.175 e. The van der Waals surface area contributed by atoms with E-state index in [-0.39, 0.29) is 4.90 Å². The maximum Gasteiger partial charge on any atom is 0.175 e. The predicted molar refractivity (Wildman–Crippen MR) is 79.5 cm³/mol. The zero-order valence-corrected chi connectivity index (χ0v) is 13.8. The summed E-state index contributed by atoms with van der Waals surface area (Å²) in [5.74, 6) is 0. The fourth-order valence-electron chi connectivity index (χ4n) is 2.08. The monoisotopic (exact) mass is 358 g/mol. The molecule has 0 amide bonds. The molecule has 0 spiro atoms. The lowest BCUT2D eigenvalue weighted by Crippen LogP contribution is -2.28. The number of hydrogen-bond acceptors (Lipinski definition) is 4. The number of sulfone groups is 1. The number of rotatable bonds is 3. The molecule has 108 valence electrons. The number of carbonyl (C=O) groups is 1. The van der Waals surface area contributed by atoms with Crippen LogP contribution < -0.4 is 0 Å². The zero-order valence-electron chi connectivity index (χ0n) is 11.4. The molecule has 1 atom stereocenters. The second-order valence-corrected chi connectivity index (χ2v) is 8.47. The molecule has 1 aromatic carbocycles. The first kappa shape index (κ1) is 15.4. The topological polar surface area (TPSA) is 60.4 Å². The van der Waals surface area contributed by atoms with Crippen molar-refractivity contribution in [3.05, 3.63) is 41.5 Å². The summed E-state index contributed by atoms with van der Waals surface area (Å²) in [6.07, 6.45) is 3.63. The summed E-state index contributed by atoms with van der Waals surface area (Å²) in [7, 11) is -3.23. The zero-order chi connectivity index (χ0) is 15.2. The first-order chi connectivity index (χ1) is 9.08. The quantitative estimate of drug-likeness (QED) is 0.615. The van der Waals surface area contributed by atoms with E-state index in [4.69, 9.17) is 4.74 Å². The Bertz CT molecular complexity index is 674. The lowest BCUT2D eigenvalue weighted by Gasteiger charge is -2.27. The summed E-state index contributed by atoms with van der Waals surface area (Å²) >= 11 is 3.48. The Kier molecular flexibility index (Phi) is 3.69. The van der Waals surface area contributed by atoms with E-state index in [1.807, 2.05) is 0 Å². The molecular formula is C14H15BrO4S. The van der Waals surface area contributed by atoms with E-state index in [1.165, 1.54) is 12.1 Å². The van der Waals surface area contributed by atoms with Crippen molar-refractivity contribution in [3.8, 4) is 0 Å². The van der Waals surface area contributed by atoms with Crippen LogP contribution in [0.3, 0.4) is 0 Å². The molecule has 0 fully saturated rings. The van der Waals surface area contributed by atoms with Gasteiger partial charge < -0.3 is 4.74 Å². The lowest BCUT2D eigenvalue weighted by molar-refractivity contribution is -0.107. The Hall–Kier alpha value is -0.980. The molecule has 6 heteroatoms. The molecule has 1 heterocycles. The highest BCUT2D eigenvalue weighted by Crippen LogP contribution is 2.46. The molecular weight excluding hydrogens is 344 g/mol. The van der Waals surface area contributed by atoms with Gasteiger partial charge in [0.05, 0.1) is 10.5 Å². The molecule has 0 bridgehead atoms. The molecule has 1 aliphatic heterocycles. The Morgan fingerprint density at radius 3 is 2.15 bits per heavy atom. The third-order valence-corrected chi connectivity index (χ3v) is 5.22. The average molecular weight is 359 g/mol. The van der Waals surface area contributed by atoms with E-state index in [2.05, 4.69) is 15.9 Å². The molecule has 1 unspecified atom stereocenters. The molecule has 0 aromatic heterocycles. The molecule has 4 nitrogen and oxygen atoms in total. The predicted octanol–water partition coefficient (Wildman–Crippen LogP) is 2.57. The third kappa shape index (κ3) is 2.73. The Morgan fingerprint density at radius 1 is 1.20 bits per heavy atom. The van der Waals surface area contributed by atoms with Crippen LogP contribution in [0.4, 0.5) is 0 Å². The number of aldehydes is 1. The van der Waals surface area contributed by atoms with Crippen LogP contribution in [-0.4, -0.2) is 26.6 Å². The van der Waals surface area contributed by atoms with Crippen molar-refractivity contribution in [3.63, 3.8) is 0 Å². The van der Waals surface area contributed by atoms with Gasteiger partial charge in [0, 0.05) is 11.8 Å². The number of benzene rings is 1. The summed E-state index contributed by atoms with van der Waals surface area (Å²) in [6, 6.07) is 6.39. The van der Waals surface area contributed by atoms with Crippen LogP contribution in [0.15, 0.2) is 40.8 Å². The third-order valence-electron chi connectivity index (χ3n) is 3.24. The van der Waals surface area contributed by atoms with E-state index < -0.39 is 19.9 Å². The van der Waals surface area contributed by atoms with Crippen LogP contribution in [0.5, 0.6) is 0 Å². The van der Waals surface area contributed by atoms with Gasteiger partial charge in [-0.15, -0.1) is 0 Å². The van der Waals surface area contributed by atoms with E-state index in [9.17, 15) is 13.2 Å². The second kappa shape index (κ2) is 4.79. The van der Waals surface area contributed by atoms with E-state index in [1.54, 1.807) is 32.1 Å². The van der Waals surface area contributed by atoms with Crippen LogP contribution in [-0.2, 0) is 23.9 Å². The number of hydrogen-bond donors (Lipinski definition) is 0. The normalized spacial score (nSPS) is 25.3. The van der Waals surface area contributed by atoms with Crippen LogP contribution in [0.2, 0.25) is 0 Å². The molecule has 0 radical (unpaired) electrons. The number of carbonyl (C=O) groups excluding carboxylic acids is 1. The molecule has 0 aliphatic carbocycles. The van der Waals surface area contributed by atoms with Crippen LogP contribution in [0.1, 0.15) is 19.4 Å². The largest absolute Gasteiger partial charge is 0.345 e. The fourth-order valence-corrected chi connectivity index (χ4v) is 3.63. The summed E-state index contributed by atoms with van der Waals surface area (Å²) in [4.78, 5) is 11.3. The summed E-state index contributed by atoms with van der Waals surface area (Å²) in [5.41, 5.74) is 0.581. The first-order valence-corrected chi connectivity index (χ1v) is 8.65. The van der Waals surface area contributed by atoms with Gasteiger partial charge in [-0.1, -0.05) is 12.1 Å². The van der Waals surface area contributed by atoms with Crippen molar-refractivity contribution in [2.24, 2.45) is 0 Å². The van der Waals surface area contributed by atoms with Gasteiger partial charge in [-0.2, -0.15) is 0 Å². The molecule has 1 aliphatic rings. The summed E-state index contributed by atoms with van der Waals surface area (Å²) in [6.45, 7) is 3.61. The fraction of sp³-hybridized carbons (Fsp3) is 0.357. The highest BCUT2D eigenvalue weighted by molar-refractivity contribution is 9.09. The number of alkyl halides is 1. The van der Waals surface area contributed by atoms with E-state index in [0.717, 1.165) is 18.1 Å². The molecule has 1 aromatic rings. The lowest BCUT2D eigenvalue weighted by atomic mass is 10.0. The van der Waals surface area contributed by atoms with E-state index >= 15 is 0 Å². The van der Waals surface area contributed by atoms with Gasteiger partial charge in [0.2, 0.25) is 0 Å². The van der Waals surface area contributed by atoms with Crippen LogP contribution >= 0.6 is 15.9 Å². The highest BCUT2D eigenvalue weighted by Gasteiger charge is 2.44. The minimum atomic E-state index is -3.23. The molecule has 2 rings (SSSR count). The van der Waals surface area contributed by atoms with Crippen LogP contribution in [0, 0.1) is 0 Å². The van der Waals surface area contributed by atoms with Crippen molar-refractivity contribution in [2.45, 2.75) is 28.9 Å². The average Bonchev–Trinajstić information content (AvgIpc) is 2.59. The van der Waals surface area contributed by atoms with Crippen molar-refractivity contribution < 1.29 is 17.9 Å². The molecule has 20 heavy (non-hydrogen) atoms. The Balaban J connectivity index is 2.43. The molecule has 0 N–H and O–H groups in total. The number of halogens is 1. The molecule has 0 saturated heterocycles. The van der Waals surface area contributed by atoms with Gasteiger partial charge in [0.1, 0.15) is 6.29 Å². The van der Waals surface area contributed by atoms with Gasteiger partial charge in [0.25, 0.3) is 0 Å². The van der Waals surface area contributed by atoms with Gasteiger partial charge in [-0.05, 0) is 53.5 Å². The standard InChI is InChI=1S/C14H15BrO4S/c1-13(2)11(9-16)8-14(15,19-13)10-4-6-12(7-5-10)20(3,17)18/h4-9H,1-3H3. The summed E-state index contributed by atoms with van der Waals surface area (Å²) < 4.78 is 27.9. The minimum Gasteiger partial charge on any atom is -0.345 e. The van der Waals surface area contributed by atoms with Gasteiger partial charge >= 0.3 is 0 Å². The maximum absolute atomic E-state index is 11.4. The van der Waals surface area contributed by atoms with E-state index in [0.29, 0.717) is 5.57 Å². The van der Waals surface area contributed by atoms with Gasteiger partial charge in [-0.3, -0.25) is 4.79 Å². The van der Waals surface area contributed by atoms with Crippen molar-refractivity contribution in [1.82, 2.24) is 0 Å². The van der Waals surface area contributed by atoms with Crippen molar-refractivity contribution >= 4 is 32.1 Å². The van der Waals surface area contributed by atoms with Gasteiger partial charge in [0.15, 0.2) is 14.3 Å². The number of ether oxygens (including phenoxy) is 1. The second-order valence-electron chi connectivity index (χ2n) is 5.27. The van der Waals surface area contributed by atoms with Crippen LogP contribution in [0.25, 0.3) is 0 Å². The Labute approximate surface area is 126 Å². The SMILES string of the molecule is CC1(C)OC(Br)(c2ccc(S(C)(=O)=O)cc2)C=C1C=O. The Morgan fingerprint density at radius 2 is 1.75 bits per heavy atom.